The Morgan fingerprint density at radius 1 is 0.773 bits per heavy atom. The Labute approximate surface area is 135 Å². The van der Waals surface area contributed by atoms with E-state index in [1.54, 1.807) is 0 Å². The third-order valence-corrected chi connectivity index (χ3v) is 5.84. The standard InChI is InChI=1S/C18H33N3O/c22-18(20-15-7-3-1-4-8-15)21(16-9-5-2-6-10-16)17-11-13-19-14-12-17/h15-17,19H,1-14H2,(H,20,22). The molecule has 2 N–H and O–H groups in total. The van der Waals surface area contributed by atoms with E-state index in [0.717, 1.165) is 25.9 Å². The van der Waals surface area contributed by atoms with E-state index < -0.39 is 0 Å². The Balaban J connectivity index is 1.64. The van der Waals surface area contributed by atoms with Crippen molar-refractivity contribution in [3.8, 4) is 0 Å². The molecular formula is C18H33N3O. The van der Waals surface area contributed by atoms with Gasteiger partial charge in [-0.15, -0.1) is 0 Å². The van der Waals surface area contributed by atoms with Crippen LogP contribution in [-0.2, 0) is 0 Å². The molecule has 0 unspecified atom stereocenters. The van der Waals surface area contributed by atoms with Crippen LogP contribution in [0.15, 0.2) is 0 Å². The molecule has 2 aliphatic carbocycles. The fourth-order valence-electron chi connectivity index (χ4n) is 4.57. The first-order valence-electron chi connectivity index (χ1n) is 9.64. The van der Waals surface area contributed by atoms with Crippen LogP contribution in [-0.4, -0.2) is 42.1 Å². The van der Waals surface area contributed by atoms with Crippen molar-refractivity contribution in [2.24, 2.45) is 0 Å². The van der Waals surface area contributed by atoms with Crippen LogP contribution in [0.2, 0.25) is 0 Å². The van der Waals surface area contributed by atoms with E-state index in [4.69, 9.17) is 0 Å². The highest BCUT2D eigenvalue weighted by Gasteiger charge is 2.33. The van der Waals surface area contributed by atoms with Gasteiger partial charge in [0.2, 0.25) is 0 Å². The summed E-state index contributed by atoms with van der Waals surface area (Å²) in [5, 5.41) is 6.81. The van der Waals surface area contributed by atoms with E-state index in [-0.39, 0.29) is 6.03 Å². The summed E-state index contributed by atoms with van der Waals surface area (Å²) < 4.78 is 0. The third kappa shape index (κ3) is 4.15. The first-order chi connectivity index (χ1) is 10.8. The van der Waals surface area contributed by atoms with Crippen molar-refractivity contribution in [2.75, 3.05) is 13.1 Å². The van der Waals surface area contributed by atoms with Crippen molar-refractivity contribution in [2.45, 2.75) is 95.2 Å². The van der Waals surface area contributed by atoms with Gasteiger partial charge in [0.05, 0.1) is 0 Å². The van der Waals surface area contributed by atoms with Crippen LogP contribution >= 0.6 is 0 Å². The van der Waals surface area contributed by atoms with Crippen molar-refractivity contribution < 1.29 is 4.79 Å². The highest BCUT2D eigenvalue weighted by atomic mass is 16.2. The van der Waals surface area contributed by atoms with E-state index in [0.29, 0.717) is 18.1 Å². The SMILES string of the molecule is O=C(NC1CCCCC1)N(C1CCCCC1)C1CCNCC1. The van der Waals surface area contributed by atoms with Crippen LogP contribution in [0.5, 0.6) is 0 Å². The average molecular weight is 307 g/mol. The molecule has 22 heavy (non-hydrogen) atoms. The molecule has 3 aliphatic rings. The molecule has 2 saturated carbocycles. The quantitative estimate of drug-likeness (QED) is 0.839. The Morgan fingerprint density at radius 2 is 1.32 bits per heavy atom. The van der Waals surface area contributed by atoms with Gasteiger partial charge in [-0.05, 0) is 51.6 Å². The van der Waals surface area contributed by atoms with Crippen LogP contribution in [0.4, 0.5) is 4.79 Å². The normalized spacial score (nSPS) is 25.8. The van der Waals surface area contributed by atoms with E-state index in [1.807, 2.05) is 0 Å². The van der Waals surface area contributed by atoms with Gasteiger partial charge in [-0.1, -0.05) is 38.5 Å². The van der Waals surface area contributed by atoms with E-state index >= 15 is 0 Å². The topological polar surface area (TPSA) is 44.4 Å². The van der Waals surface area contributed by atoms with Crippen molar-refractivity contribution >= 4 is 6.03 Å². The Morgan fingerprint density at radius 3 is 1.95 bits per heavy atom. The second-order valence-electron chi connectivity index (χ2n) is 7.46. The zero-order chi connectivity index (χ0) is 15.2. The molecule has 1 aliphatic heterocycles. The van der Waals surface area contributed by atoms with Gasteiger partial charge in [0.25, 0.3) is 0 Å². The predicted octanol–water partition coefficient (Wildman–Crippen LogP) is 3.42. The number of hydrogen-bond acceptors (Lipinski definition) is 2. The molecule has 0 spiro atoms. The van der Waals surface area contributed by atoms with E-state index in [9.17, 15) is 4.79 Å². The number of nitrogens with zero attached hydrogens (tertiary/aromatic N) is 1. The van der Waals surface area contributed by atoms with Gasteiger partial charge in [-0.25, -0.2) is 4.79 Å². The fraction of sp³-hybridized carbons (Fsp3) is 0.944. The van der Waals surface area contributed by atoms with Crippen molar-refractivity contribution in [1.29, 1.82) is 0 Å². The molecule has 0 radical (unpaired) electrons. The van der Waals surface area contributed by atoms with Gasteiger partial charge in [-0.3, -0.25) is 0 Å². The molecule has 0 aromatic rings. The minimum atomic E-state index is 0.241. The zero-order valence-corrected chi connectivity index (χ0v) is 14.0. The molecule has 3 fully saturated rings. The summed E-state index contributed by atoms with van der Waals surface area (Å²) >= 11 is 0. The second-order valence-corrected chi connectivity index (χ2v) is 7.46. The van der Waals surface area contributed by atoms with Crippen LogP contribution < -0.4 is 10.6 Å². The lowest BCUT2D eigenvalue weighted by Gasteiger charge is -2.42. The summed E-state index contributed by atoms with van der Waals surface area (Å²) in [4.78, 5) is 15.3. The summed E-state index contributed by atoms with van der Waals surface area (Å²) in [6.07, 6.45) is 14.9. The Hall–Kier alpha value is -0.770. The molecule has 126 valence electrons. The van der Waals surface area contributed by atoms with Crippen LogP contribution in [0.3, 0.4) is 0 Å². The lowest BCUT2D eigenvalue weighted by Crippen LogP contribution is -2.56. The number of rotatable bonds is 3. The van der Waals surface area contributed by atoms with Gasteiger partial charge in [0.1, 0.15) is 0 Å². The number of piperidine rings is 1. The molecule has 4 nitrogen and oxygen atoms in total. The lowest BCUT2D eigenvalue weighted by atomic mass is 9.91. The molecule has 0 atom stereocenters. The third-order valence-electron chi connectivity index (χ3n) is 5.84. The Kier molecular flexibility index (Phi) is 5.99. The van der Waals surface area contributed by atoms with Crippen molar-refractivity contribution in [1.82, 2.24) is 15.5 Å². The van der Waals surface area contributed by atoms with Gasteiger partial charge in [0.15, 0.2) is 0 Å². The number of carbonyl (C=O) groups excluding carboxylic acids is 1. The number of hydrogen-bond donors (Lipinski definition) is 2. The minimum absolute atomic E-state index is 0.241. The maximum atomic E-state index is 13.0. The first-order valence-corrected chi connectivity index (χ1v) is 9.64. The summed E-state index contributed by atoms with van der Waals surface area (Å²) in [6.45, 7) is 2.12. The molecular weight excluding hydrogens is 274 g/mol. The summed E-state index contributed by atoms with van der Waals surface area (Å²) in [5.41, 5.74) is 0. The molecule has 1 saturated heterocycles. The molecule has 0 aromatic carbocycles. The number of carbonyl (C=O) groups is 1. The number of nitrogens with one attached hydrogen (secondary N) is 2. The molecule has 0 aromatic heterocycles. The first kappa shape index (κ1) is 16.1. The van der Waals surface area contributed by atoms with Gasteiger partial charge in [-0.2, -0.15) is 0 Å². The predicted molar refractivity (Wildman–Crippen MR) is 90.0 cm³/mol. The monoisotopic (exact) mass is 307 g/mol. The van der Waals surface area contributed by atoms with Crippen molar-refractivity contribution in [3.05, 3.63) is 0 Å². The molecule has 0 bridgehead atoms. The second kappa shape index (κ2) is 8.19. The maximum absolute atomic E-state index is 13.0. The van der Waals surface area contributed by atoms with Gasteiger partial charge in [0, 0.05) is 18.1 Å². The van der Waals surface area contributed by atoms with Crippen LogP contribution in [0.1, 0.15) is 77.0 Å². The lowest BCUT2D eigenvalue weighted by molar-refractivity contribution is 0.104. The molecule has 4 heteroatoms. The highest BCUT2D eigenvalue weighted by molar-refractivity contribution is 5.75. The minimum Gasteiger partial charge on any atom is -0.335 e. The highest BCUT2D eigenvalue weighted by Crippen LogP contribution is 2.27. The van der Waals surface area contributed by atoms with Gasteiger partial charge >= 0.3 is 6.03 Å². The fourth-order valence-corrected chi connectivity index (χ4v) is 4.57. The summed E-state index contributed by atoms with van der Waals surface area (Å²) in [7, 11) is 0. The summed E-state index contributed by atoms with van der Waals surface area (Å²) in [5.74, 6) is 0. The smallest absolute Gasteiger partial charge is 0.318 e. The van der Waals surface area contributed by atoms with Crippen molar-refractivity contribution in [3.63, 3.8) is 0 Å². The number of urea groups is 1. The maximum Gasteiger partial charge on any atom is 0.318 e. The largest absolute Gasteiger partial charge is 0.335 e. The average Bonchev–Trinajstić information content (AvgIpc) is 2.58. The molecule has 3 rings (SSSR count). The van der Waals surface area contributed by atoms with Gasteiger partial charge < -0.3 is 15.5 Å². The Bertz CT molecular complexity index is 324. The van der Waals surface area contributed by atoms with E-state index in [2.05, 4.69) is 15.5 Å². The number of amides is 2. The van der Waals surface area contributed by atoms with Crippen LogP contribution in [0, 0.1) is 0 Å². The van der Waals surface area contributed by atoms with E-state index in [1.165, 1.54) is 64.2 Å². The molecule has 2 amide bonds. The zero-order valence-electron chi connectivity index (χ0n) is 14.0. The van der Waals surface area contributed by atoms with Crippen LogP contribution in [0.25, 0.3) is 0 Å². The summed E-state index contributed by atoms with van der Waals surface area (Å²) in [6, 6.07) is 1.60. The molecule has 1 heterocycles.